The summed E-state index contributed by atoms with van der Waals surface area (Å²) in [7, 11) is 0. The molecule has 4 heteroatoms. The molecule has 0 saturated heterocycles. The lowest BCUT2D eigenvalue weighted by molar-refractivity contribution is 0.368. The molecule has 0 spiro atoms. The second-order valence-electron chi connectivity index (χ2n) is 0.901. The van der Waals surface area contributed by atoms with E-state index in [2.05, 4.69) is 5.73 Å². The predicted molar refractivity (Wildman–Crippen MR) is 19.4 cm³/mol. The number of alkyl halides is 1. The van der Waals surface area contributed by atoms with Gasteiger partial charge in [-0.3, -0.25) is 5.73 Å². The van der Waals surface area contributed by atoms with E-state index in [1.54, 1.807) is 0 Å². The van der Waals surface area contributed by atoms with Crippen LogP contribution in [0.2, 0.25) is 0 Å². The maximum Gasteiger partial charge on any atom is 0.270 e. The van der Waals surface area contributed by atoms with Gasteiger partial charge < -0.3 is 0 Å². The van der Waals surface area contributed by atoms with E-state index in [-0.39, 0.29) is 6.08 Å². The molecule has 1 unspecified atom stereocenters. The summed E-state index contributed by atoms with van der Waals surface area (Å²) in [6.45, 7) is 0. The molecule has 0 radical (unpaired) electrons. The Morgan fingerprint density at radius 2 is 2.00 bits per heavy atom. The monoisotopic (exact) mass is 111 g/mol. The Morgan fingerprint density at radius 3 is 2.00 bits per heavy atom. The molecule has 1 nitrogen and oxygen atoms in total. The van der Waals surface area contributed by atoms with E-state index in [1.165, 1.54) is 0 Å². The van der Waals surface area contributed by atoms with E-state index in [4.69, 9.17) is 0 Å². The molecule has 0 fully saturated rings. The molecular weight excluding hydrogens is 107 g/mol. The lowest BCUT2D eigenvalue weighted by atomic mass is 10.6. The zero-order valence-electron chi connectivity index (χ0n) is 3.37. The molecule has 1 atom stereocenters. The third kappa shape index (κ3) is 5.49. The van der Waals surface area contributed by atoms with Crippen molar-refractivity contribution in [3.63, 3.8) is 0 Å². The van der Waals surface area contributed by atoms with E-state index in [9.17, 15) is 13.2 Å². The third-order valence-electron chi connectivity index (χ3n) is 0.285. The van der Waals surface area contributed by atoms with Gasteiger partial charge >= 0.3 is 0 Å². The van der Waals surface area contributed by atoms with Crippen LogP contribution in [0.15, 0.2) is 12.2 Å². The van der Waals surface area contributed by atoms with Crippen LogP contribution in [0.3, 0.4) is 0 Å². The zero-order valence-corrected chi connectivity index (χ0v) is 3.37. The van der Waals surface area contributed by atoms with E-state index >= 15 is 0 Å². The number of nitrogens with two attached hydrogens (primary N) is 1. The lowest BCUT2D eigenvalue weighted by Gasteiger charge is -1.84. The first-order chi connectivity index (χ1) is 3.13. The largest absolute Gasteiger partial charge is 0.298 e. The van der Waals surface area contributed by atoms with Crippen molar-refractivity contribution in [3.8, 4) is 0 Å². The Kier molecular flexibility index (Phi) is 2.44. The average molecular weight is 111 g/mol. The summed E-state index contributed by atoms with van der Waals surface area (Å²) >= 11 is 0. The van der Waals surface area contributed by atoms with Crippen molar-refractivity contribution in [2.75, 3.05) is 0 Å². The van der Waals surface area contributed by atoms with Gasteiger partial charge in [0, 0.05) is 6.08 Å². The van der Waals surface area contributed by atoms with Crippen LogP contribution in [-0.4, -0.2) is 6.30 Å². The second kappa shape index (κ2) is 2.63. The van der Waals surface area contributed by atoms with Gasteiger partial charge in [0.15, 0.2) is 6.30 Å². The van der Waals surface area contributed by atoms with Crippen LogP contribution in [0.4, 0.5) is 13.2 Å². The molecule has 0 aromatic rings. The molecular formula is C3H4F3N. The minimum atomic E-state index is -2.09. The number of hydrogen-bond donors (Lipinski definition) is 1. The Bertz CT molecular complexity index is 74.2. The van der Waals surface area contributed by atoms with Crippen LogP contribution < -0.4 is 5.73 Å². The Morgan fingerprint density at radius 1 is 1.57 bits per heavy atom. The fourth-order valence-electron chi connectivity index (χ4n) is 0.120. The standard InChI is InChI=1S/C3H4F3N/c4-2(5)1-3(6)7/h1,3H,7H2. The summed E-state index contributed by atoms with van der Waals surface area (Å²) in [5.41, 5.74) is 4.27. The van der Waals surface area contributed by atoms with E-state index in [0.717, 1.165) is 0 Å². The van der Waals surface area contributed by atoms with Crippen molar-refractivity contribution < 1.29 is 13.2 Å². The van der Waals surface area contributed by atoms with Crippen molar-refractivity contribution in [2.24, 2.45) is 5.73 Å². The number of hydrogen-bond acceptors (Lipinski definition) is 1. The van der Waals surface area contributed by atoms with Crippen LogP contribution in [0.1, 0.15) is 0 Å². The summed E-state index contributed by atoms with van der Waals surface area (Å²) in [6.07, 6.45) is -4.10. The first kappa shape index (κ1) is 6.49. The lowest BCUT2D eigenvalue weighted by Crippen LogP contribution is -2.08. The third-order valence-corrected chi connectivity index (χ3v) is 0.285. The first-order valence-electron chi connectivity index (χ1n) is 1.55. The van der Waals surface area contributed by atoms with Gasteiger partial charge in [0.1, 0.15) is 0 Å². The highest BCUT2D eigenvalue weighted by atomic mass is 19.3. The molecule has 7 heavy (non-hydrogen) atoms. The number of rotatable bonds is 1. The van der Waals surface area contributed by atoms with Gasteiger partial charge in [-0.1, -0.05) is 0 Å². The van der Waals surface area contributed by atoms with E-state index < -0.39 is 12.4 Å². The molecule has 0 saturated carbocycles. The van der Waals surface area contributed by atoms with Crippen molar-refractivity contribution >= 4 is 0 Å². The zero-order chi connectivity index (χ0) is 5.86. The Balaban J connectivity index is 3.45. The molecule has 42 valence electrons. The summed E-state index contributed by atoms with van der Waals surface area (Å²) in [4.78, 5) is 0. The smallest absolute Gasteiger partial charge is 0.270 e. The minimum absolute atomic E-state index is 0.0278. The first-order valence-corrected chi connectivity index (χ1v) is 1.55. The van der Waals surface area contributed by atoms with Gasteiger partial charge in [0.25, 0.3) is 6.08 Å². The maximum absolute atomic E-state index is 11.2. The summed E-state index contributed by atoms with van der Waals surface area (Å²) < 4.78 is 32.8. The highest BCUT2D eigenvalue weighted by Gasteiger charge is 1.93. The molecule has 0 aromatic heterocycles. The molecule has 0 aliphatic carbocycles. The van der Waals surface area contributed by atoms with Crippen molar-refractivity contribution in [2.45, 2.75) is 6.30 Å². The van der Waals surface area contributed by atoms with Gasteiger partial charge in [0.2, 0.25) is 0 Å². The summed E-state index contributed by atoms with van der Waals surface area (Å²) in [6, 6.07) is 0. The highest BCUT2D eigenvalue weighted by molar-refractivity contribution is 4.84. The Hall–Kier alpha value is -0.510. The summed E-state index contributed by atoms with van der Waals surface area (Å²) in [5, 5.41) is 0. The molecule has 0 amide bonds. The van der Waals surface area contributed by atoms with Crippen molar-refractivity contribution in [1.82, 2.24) is 0 Å². The van der Waals surface area contributed by atoms with Crippen LogP contribution >= 0.6 is 0 Å². The quantitative estimate of drug-likeness (QED) is 0.502. The fraction of sp³-hybridized carbons (Fsp3) is 0.333. The summed E-state index contributed by atoms with van der Waals surface area (Å²) in [5.74, 6) is 0. The van der Waals surface area contributed by atoms with Gasteiger partial charge in [-0.25, -0.2) is 4.39 Å². The van der Waals surface area contributed by atoms with E-state index in [0.29, 0.717) is 0 Å². The second-order valence-corrected chi connectivity index (χ2v) is 0.901. The van der Waals surface area contributed by atoms with Gasteiger partial charge in [-0.2, -0.15) is 8.78 Å². The average Bonchev–Trinajstić information content (AvgIpc) is 1.27. The normalized spacial score (nSPS) is 13.1. The minimum Gasteiger partial charge on any atom is -0.298 e. The van der Waals surface area contributed by atoms with Crippen LogP contribution in [0.25, 0.3) is 0 Å². The van der Waals surface area contributed by atoms with Gasteiger partial charge in [-0.05, 0) is 0 Å². The Labute approximate surface area is 38.6 Å². The van der Waals surface area contributed by atoms with Gasteiger partial charge in [0.05, 0.1) is 0 Å². The molecule has 0 aliphatic rings. The van der Waals surface area contributed by atoms with Crippen LogP contribution in [0, 0.1) is 0 Å². The van der Waals surface area contributed by atoms with Crippen molar-refractivity contribution in [1.29, 1.82) is 0 Å². The molecule has 0 aromatic carbocycles. The maximum atomic E-state index is 11.2. The van der Waals surface area contributed by atoms with Crippen LogP contribution in [0.5, 0.6) is 0 Å². The highest BCUT2D eigenvalue weighted by Crippen LogP contribution is 1.97. The fourth-order valence-corrected chi connectivity index (χ4v) is 0.120. The molecule has 0 heterocycles. The molecule has 0 bridgehead atoms. The molecule has 0 rings (SSSR count). The number of halogens is 3. The van der Waals surface area contributed by atoms with Crippen molar-refractivity contribution in [3.05, 3.63) is 12.2 Å². The topological polar surface area (TPSA) is 26.0 Å². The molecule has 2 N–H and O–H groups in total. The van der Waals surface area contributed by atoms with Gasteiger partial charge in [-0.15, -0.1) is 0 Å². The van der Waals surface area contributed by atoms with Crippen LogP contribution in [-0.2, 0) is 0 Å². The molecule has 0 aliphatic heterocycles. The van der Waals surface area contributed by atoms with E-state index in [1.807, 2.05) is 0 Å². The predicted octanol–water partition coefficient (Wildman–Crippen LogP) is 1.02. The SMILES string of the molecule is NC(F)C=C(F)F.